The van der Waals surface area contributed by atoms with E-state index in [-0.39, 0.29) is 6.54 Å². The second-order valence-corrected chi connectivity index (χ2v) is 4.18. The van der Waals surface area contributed by atoms with Crippen LogP contribution in [0, 0.1) is 17.6 Å². The number of methoxy groups -OCH3 is 1. The van der Waals surface area contributed by atoms with E-state index >= 15 is 0 Å². The molecule has 2 atom stereocenters. The molecule has 1 heterocycles. The zero-order valence-electron chi connectivity index (χ0n) is 9.94. The molecule has 1 aromatic rings. The van der Waals surface area contributed by atoms with Gasteiger partial charge in [-0.2, -0.15) is 0 Å². The zero-order valence-corrected chi connectivity index (χ0v) is 9.94. The van der Waals surface area contributed by atoms with Crippen LogP contribution in [0.25, 0.3) is 0 Å². The van der Waals surface area contributed by atoms with E-state index in [1.807, 2.05) is 0 Å². The number of carbonyl (C=O) groups excluding carboxylic acids is 2. The molecule has 0 radical (unpaired) electrons. The van der Waals surface area contributed by atoms with E-state index in [0.717, 1.165) is 19.2 Å². The second-order valence-electron chi connectivity index (χ2n) is 4.18. The zero-order chi connectivity index (χ0) is 14.2. The van der Waals surface area contributed by atoms with Crippen LogP contribution in [0.15, 0.2) is 12.1 Å². The van der Waals surface area contributed by atoms with E-state index in [1.54, 1.807) is 0 Å². The molecule has 7 heteroatoms. The highest BCUT2D eigenvalue weighted by Gasteiger charge is 2.44. The second kappa shape index (κ2) is 4.83. The lowest BCUT2D eigenvalue weighted by atomic mass is 9.87. The number of esters is 1. The SMILES string of the molecule is COC(=O)C1C(=O)NCC1c1c(F)cc(O)cc1F. The van der Waals surface area contributed by atoms with Crippen molar-refractivity contribution in [3.05, 3.63) is 29.3 Å². The summed E-state index contributed by atoms with van der Waals surface area (Å²) in [6.07, 6.45) is 0. The van der Waals surface area contributed by atoms with E-state index < -0.39 is 46.7 Å². The van der Waals surface area contributed by atoms with Gasteiger partial charge in [-0.25, -0.2) is 8.78 Å². The monoisotopic (exact) mass is 271 g/mol. The molecule has 1 aromatic carbocycles. The molecule has 2 unspecified atom stereocenters. The van der Waals surface area contributed by atoms with Crippen LogP contribution in [0.3, 0.4) is 0 Å². The van der Waals surface area contributed by atoms with Gasteiger partial charge in [0.15, 0.2) is 0 Å². The molecule has 0 bridgehead atoms. The van der Waals surface area contributed by atoms with E-state index in [1.165, 1.54) is 0 Å². The highest BCUT2D eigenvalue weighted by molar-refractivity contribution is 6.00. The molecule has 1 fully saturated rings. The fraction of sp³-hybridized carbons (Fsp3) is 0.333. The molecule has 1 aliphatic heterocycles. The summed E-state index contributed by atoms with van der Waals surface area (Å²) in [6.45, 7) is -0.0722. The molecule has 0 saturated carbocycles. The predicted molar refractivity (Wildman–Crippen MR) is 59.3 cm³/mol. The molecule has 1 aliphatic rings. The summed E-state index contributed by atoms with van der Waals surface area (Å²) < 4.78 is 31.9. The lowest BCUT2D eigenvalue weighted by Crippen LogP contribution is -2.28. The number of halogens is 2. The summed E-state index contributed by atoms with van der Waals surface area (Å²) in [5.41, 5.74) is -0.411. The standard InChI is InChI=1S/C12H11F2NO4/c1-19-12(18)10-6(4-15-11(10)17)9-7(13)2-5(16)3-8(9)14/h2-3,6,10,16H,4H2,1H3,(H,15,17). The minimum absolute atomic E-state index is 0.0722. The van der Waals surface area contributed by atoms with Crippen molar-refractivity contribution in [2.24, 2.45) is 5.92 Å². The Hall–Kier alpha value is -2.18. The molecule has 102 valence electrons. The molecule has 5 nitrogen and oxygen atoms in total. The lowest BCUT2D eigenvalue weighted by Gasteiger charge is -2.16. The number of nitrogens with one attached hydrogen (secondary N) is 1. The first-order valence-electron chi connectivity index (χ1n) is 5.49. The van der Waals surface area contributed by atoms with Crippen LogP contribution in [0.2, 0.25) is 0 Å². The van der Waals surface area contributed by atoms with Crippen LogP contribution in [0.4, 0.5) is 8.78 Å². The molecule has 2 N–H and O–H groups in total. The average molecular weight is 271 g/mol. The summed E-state index contributed by atoms with van der Waals surface area (Å²) in [5, 5.41) is 11.4. The van der Waals surface area contributed by atoms with Gasteiger partial charge in [-0.3, -0.25) is 9.59 Å². The normalized spacial score (nSPS) is 22.2. The summed E-state index contributed by atoms with van der Waals surface area (Å²) in [4.78, 5) is 23.1. The van der Waals surface area contributed by atoms with Gasteiger partial charge in [-0.1, -0.05) is 0 Å². The fourth-order valence-corrected chi connectivity index (χ4v) is 2.21. The van der Waals surface area contributed by atoms with Crippen molar-refractivity contribution >= 4 is 11.9 Å². The van der Waals surface area contributed by atoms with Gasteiger partial charge in [-0.05, 0) is 0 Å². The van der Waals surface area contributed by atoms with Gasteiger partial charge in [0.1, 0.15) is 23.3 Å². The number of benzene rings is 1. The Bertz CT molecular complexity index is 524. The Morgan fingerprint density at radius 2 is 2.00 bits per heavy atom. The molecule has 1 saturated heterocycles. The molecule has 19 heavy (non-hydrogen) atoms. The van der Waals surface area contributed by atoms with Crippen LogP contribution >= 0.6 is 0 Å². The predicted octanol–water partition coefficient (Wildman–Crippen LogP) is 0.673. The maximum Gasteiger partial charge on any atom is 0.318 e. The van der Waals surface area contributed by atoms with Crippen molar-refractivity contribution in [2.45, 2.75) is 5.92 Å². The third kappa shape index (κ3) is 2.23. The number of phenolic OH excluding ortho intramolecular Hbond substituents is 1. The van der Waals surface area contributed by atoms with Crippen molar-refractivity contribution in [3.63, 3.8) is 0 Å². The average Bonchev–Trinajstić information content (AvgIpc) is 2.69. The number of hydrogen-bond donors (Lipinski definition) is 2. The number of hydrogen-bond acceptors (Lipinski definition) is 4. The fourth-order valence-electron chi connectivity index (χ4n) is 2.21. The smallest absolute Gasteiger partial charge is 0.318 e. The third-order valence-corrected chi connectivity index (χ3v) is 3.07. The lowest BCUT2D eigenvalue weighted by molar-refractivity contribution is -0.149. The molecule has 2 rings (SSSR count). The van der Waals surface area contributed by atoms with E-state index in [2.05, 4.69) is 10.1 Å². The Morgan fingerprint density at radius 1 is 1.42 bits per heavy atom. The summed E-state index contributed by atoms with van der Waals surface area (Å²) >= 11 is 0. The largest absolute Gasteiger partial charge is 0.508 e. The highest BCUT2D eigenvalue weighted by Crippen LogP contribution is 2.34. The number of aromatic hydroxyl groups is 1. The Kier molecular flexibility index (Phi) is 3.37. The third-order valence-electron chi connectivity index (χ3n) is 3.07. The van der Waals surface area contributed by atoms with Crippen LogP contribution in [-0.4, -0.2) is 30.6 Å². The van der Waals surface area contributed by atoms with Crippen LogP contribution < -0.4 is 5.32 Å². The highest BCUT2D eigenvalue weighted by atomic mass is 19.1. The maximum atomic E-state index is 13.7. The summed E-state index contributed by atoms with van der Waals surface area (Å²) in [5.74, 6) is -6.36. The number of phenols is 1. The first kappa shape index (κ1) is 13.3. The van der Waals surface area contributed by atoms with Gasteiger partial charge < -0.3 is 15.2 Å². The molecule has 1 amide bonds. The van der Waals surface area contributed by atoms with Gasteiger partial charge in [0.05, 0.1) is 7.11 Å². The quantitative estimate of drug-likeness (QED) is 0.612. The minimum atomic E-state index is -1.29. The van der Waals surface area contributed by atoms with Crippen LogP contribution in [0.1, 0.15) is 11.5 Å². The van der Waals surface area contributed by atoms with Gasteiger partial charge in [0.25, 0.3) is 0 Å². The van der Waals surface area contributed by atoms with Crippen molar-refractivity contribution in [3.8, 4) is 5.75 Å². The molecular formula is C12H11F2NO4. The first-order valence-corrected chi connectivity index (χ1v) is 5.49. The van der Waals surface area contributed by atoms with Crippen molar-refractivity contribution in [1.29, 1.82) is 0 Å². The number of rotatable bonds is 2. The Morgan fingerprint density at radius 3 is 2.53 bits per heavy atom. The van der Waals surface area contributed by atoms with Gasteiger partial charge in [0, 0.05) is 30.2 Å². The number of amides is 1. The topological polar surface area (TPSA) is 75.6 Å². The van der Waals surface area contributed by atoms with Crippen LogP contribution in [-0.2, 0) is 14.3 Å². The molecule has 0 spiro atoms. The molecule has 0 aromatic heterocycles. The van der Waals surface area contributed by atoms with Gasteiger partial charge in [-0.15, -0.1) is 0 Å². The van der Waals surface area contributed by atoms with E-state index in [4.69, 9.17) is 5.11 Å². The van der Waals surface area contributed by atoms with Crippen molar-refractivity contribution in [1.82, 2.24) is 5.32 Å². The van der Waals surface area contributed by atoms with Gasteiger partial charge >= 0.3 is 5.97 Å². The van der Waals surface area contributed by atoms with Crippen molar-refractivity contribution in [2.75, 3.05) is 13.7 Å². The Balaban J connectivity index is 2.46. The summed E-state index contributed by atoms with van der Waals surface area (Å²) in [7, 11) is 1.09. The first-order chi connectivity index (χ1) is 8.95. The number of carbonyl (C=O) groups is 2. The summed E-state index contributed by atoms with van der Waals surface area (Å²) in [6, 6.07) is 1.46. The van der Waals surface area contributed by atoms with Crippen LogP contribution in [0.5, 0.6) is 5.75 Å². The minimum Gasteiger partial charge on any atom is -0.508 e. The number of ether oxygens (including phenoxy) is 1. The van der Waals surface area contributed by atoms with Gasteiger partial charge in [0.2, 0.25) is 5.91 Å². The Labute approximate surface area is 107 Å². The van der Waals surface area contributed by atoms with E-state index in [0.29, 0.717) is 0 Å². The maximum absolute atomic E-state index is 13.7. The van der Waals surface area contributed by atoms with Crippen molar-refractivity contribution < 1.29 is 28.2 Å². The van der Waals surface area contributed by atoms with E-state index in [9.17, 15) is 18.4 Å². The molecular weight excluding hydrogens is 260 g/mol. The molecule has 0 aliphatic carbocycles.